The molecule has 1 saturated heterocycles. The number of benzene rings is 2. The van der Waals surface area contributed by atoms with Gasteiger partial charge in [0.2, 0.25) is 5.95 Å². The van der Waals surface area contributed by atoms with Gasteiger partial charge in [-0.3, -0.25) is 4.90 Å². The zero-order chi connectivity index (χ0) is 23.6. The fourth-order valence-electron chi connectivity index (χ4n) is 3.88. The molecule has 0 spiro atoms. The predicted octanol–water partition coefficient (Wildman–Crippen LogP) is 3.70. The van der Waals surface area contributed by atoms with E-state index in [1.807, 2.05) is 61.5 Å². The lowest BCUT2D eigenvalue weighted by atomic mass is 10.2. The fraction of sp³-hybridized carbons (Fsp3) is 0.346. The summed E-state index contributed by atoms with van der Waals surface area (Å²) in [4.78, 5) is 25.7. The summed E-state index contributed by atoms with van der Waals surface area (Å²) < 4.78 is 5.99. The van der Waals surface area contributed by atoms with Crippen LogP contribution in [0.4, 0.5) is 16.4 Å². The second-order valence-electron chi connectivity index (χ2n) is 8.39. The van der Waals surface area contributed by atoms with Crippen molar-refractivity contribution in [3.63, 3.8) is 0 Å². The Bertz CT molecular complexity index is 1040. The van der Waals surface area contributed by atoms with E-state index >= 15 is 0 Å². The van der Waals surface area contributed by atoms with Crippen LogP contribution in [0.3, 0.4) is 0 Å². The molecule has 1 aliphatic rings. The van der Waals surface area contributed by atoms with E-state index < -0.39 is 0 Å². The number of aryl methyl sites for hydroxylation is 1. The molecule has 1 aliphatic heterocycles. The molecule has 0 aliphatic carbocycles. The molecule has 178 valence electrons. The highest BCUT2D eigenvalue weighted by Crippen LogP contribution is 2.26. The molecular weight excluding hydrogens is 428 g/mol. The lowest BCUT2D eigenvalue weighted by molar-refractivity contribution is 0.243. The van der Waals surface area contributed by atoms with E-state index in [2.05, 4.69) is 30.4 Å². The van der Waals surface area contributed by atoms with Gasteiger partial charge >= 0.3 is 6.03 Å². The monoisotopic (exact) mass is 460 g/mol. The van der Waals surface area contributed by atoms with Crippen LogP contribution >= 0.6 is 0 Å². The van der Waals surface area contributed by atoms with Crippen molar-refractivity contribution in [3.05, 3.63) is 78.1 Å². The maximum atomic E-state index is 12.5. The maximum absolute atomic E-state index is 12.5. The Balaban J connectivity index is 1.17. The number of hydrogen-bond donors (Lipinski definition) is 2. The number of carbonyl (C=O) groups is 1. The molecule has 0 bridgehead atoms. The highest BCUT2D eigenvalue weighted by Gasteiger charge is 2.18. The molecular formula is C26H32N6O2. The average Bonchev–Trinajstić information content (AvgIpc) is 2.88. The molecule has 34 heavy (non-hydrogen) atoms. The molecule has 2 N–H and O–H groups in total. The van der Waals surface area contributed by atoms with Crippen LogP contribution in [0, 0.1) is 6.92 Å². The zero-order valence-corrected chi connectivity index (χ0v) is 19.6. The van der Waals surface area contributed by atoms with Crippen molar-refractivity contribution in [1.29, 1.82) is 0 Å². The Morgan fingerprint density at radius 3 is 2.53 bits per heavy atom. The fourth-order valence-corrected chi connectivity index (χ4v) is 3.88. The van der Waals surface area contributed by atoms with E-state index in [0.29, 0.717) is 24.6 Å². The third-order valence-corrected chi connectivity index (χ3v) is 5.77. The van der Waals surface area contributed by atoms with Gasteiger partial charge in [-0.25, -0.2) is 14.8 Å². The summed E-state index contributed by atoms with van der Waals surface area (Å²) in [6.07, 6.45) is 4.45. The van der Waals surface area contributed by atoms with Gasteiger partial charge in [0.25, 0.3) is 0 Å². The molecule has 0 unspecified atom stereocenters. The number of piperazine rings is 1. The van der Waals surface area contributed by atoms with Crippen molar-refractivity contribution >= 4 is 17.7 Å². The van der Waals surface area contributed by atoms with E-state index in [1.165, 1.54) is 0 Å². The molecule has 2 aromatic carbocycles. The van der Waals surface area contributed by atoms with Crippen molar-refractivity contribution in [1.82, 2.24) is 20.2 Å². The SMILES string of the molecule is Cc1ccc(NC(=O)NCCCN2CCN(c3ncccn3)CC2)c(OCc2ccccc2)c1. The first-order valence-electron chi connectivity index (χ1n) is 11.7. The number of carbonyl (C=O) groups excluding carboxylic acids is 1. The second kappa shape index (κ2) is 12.0. The van der Waals surface area contributed by atoms with Gasteiger partial charge in [0, 0.05) is 45.1 Å². The highest BCUT2D eigenvalue weighted by atomic mass is 16.5. The normalized spacial score (nSPS) is 14.0. The number of amides is 2. The first-order chi connectivity index (χ1) is 16.7. The van der Waals surface area contributed by atoms with Gasteiger partial charge in [-0.1, -0.05) is 36.4 Å². The minimum absolute atomic E-state index is 0.223. The van der Waals surface area contributed by atoms with Crippen LogP contribution in [-0.4, -0.2) is 60.2 Å². The summed E-state index contributed by atoms with van der Waals surface area (Å²) in [6, 6.07) is 17.4. The number of urea groups is 1. The highest BCUT2D eigenvalue weighted by molar-refractivity contribution is 5.90. The Morgan fingerprint density at radius 1 is 1.00 bits per heavy atom. The lowest BCUT2D eigenvalue weighted by Gasteiger charge is -2.34. The van der Waals surface area contributed by atoms with E-state index in [-0.39, 0.29) is 6.03 Å². The smallest absolute Gasteiger partial charge is 0.319 e. The van der Waals surface area contributed by atoms with Crippen LogP contribution in [0.1, 0.15) is 17.5 Å². The van der Waals surface area contributed by atoms with Crippen LogP contribution in [0.25, 0.3) is 0 Å². The Labute approximate surface area is 201 Å². The summed E-state index contributed by atoms with van der Waals surface area (Å²) in [5.41, 5.74) is 2.82. The first-order valence-corrected chi connectivity index (χ1v) is 11.7. The number of ether oxygens (including phenoxy) is 1. The minimum atomic E-state index is -0.223. The Hall–Kier alpha value is -3.65. The Kier molecular flexibility index (Phi) is 8.29. The van der Waals surface area contributed by atoms with E-state index in [9.17, 15) is 4.79 Å². The number of anilines is 2. The van der Waals surface area contributed by atoms with Gasteiger partial charge in [0.15, 0.2) is 0 Å². The van der Waals surface area contributed by atoms with Crippen molar-refractivity contribution in [2.24, 2.45) is 0 Å². The zero-order valence-electron chi connectivity index (χ0n) is 19.6. The maximum Gasteiger partial charge on any atom is 0.319 e. The number of nitrogens with one attached hydrogen (secondary N) is 2. The van der Waals surface area contributed by atoms with Crippen LogP contribution < -0.4 is 20.3 Å². The van der Waals surface area contributed by atoms with Gasteiger partial charge in [-0.2, -0.15) is 0 Å². The second-order valence-corrected chi connectivity index (χ2v) is 8.39. The molecule has 1 fully saturated rings. The quantitative estimate of drug-likeness (QED) is 0.474. The first kappa shape index (κ1) is 23.5. The standard InChI is InChI=1S/C26H32N6O2/c1-21-9-10-23(24(19-21)34-20-22-7-3-2-4-8-22)30-26(33)29-13-6-14-31-15-17-32(18-16-31)25-27-11-5-12-28-25/h2-5,7-12,19H,6,13-18,20H2,1H3,(H2,29,30,33). The van der Waals surface area contributed by atoms with Gasteiger partial charge in [-0.05, 0) is 49.2 Å². The summed E-state index contributed by atoms with van der Waals surface area (Å²) in [5, 5.41) is 5.89. The molecule has 1 aromatic heterocycles. The summed E-state index contributed by atoms with van der Waals surface area (Å²) in [7, 11) is 0. The van der Waals surface area contributed by atoms with Crippen LogP contribution in [-0.2, 0) is 6.61 Å². The Morgan fingerprint density at radius 2 is 1.76 bits per heavy atom. The number of rotatable bonds is 9. The average molecular weight is 461 g/mol. The minimum Gasteiger partial charge on any atom is -0.487 e. The molecule has 0 atom stereocenters. The van der Waals surface area contributed by atoms with Crippen LogP contribution in [0.5, 0.6) is 5.75 Å². The number of nitrogens with zero attached hydrogens (tertiary/aromatic N) is 4. The van der Waals surface area contributed by atoms with E-state index in [1.54, 1.807) is 12.4 Å². The van der Waals surface area contributed by atoms with Crippen LogP contribution in [0.2, 0.25) is 0 Å². The molecule has 2 heterocycles. The molecule has 8 heteroatoms. The number of aromatic nitrogens is 2. The van der Waals surface area contributed by atoms with Gasteiger partial charge in [0.05, 0.1) is 5.69 Å². The van der Waals surface area contributed by atoms with Crippen molar-refractivity contribution in [2.75, 3.05) is 49.5 Å². The van der Waals surface area contributed by atoms with Crippen molar-refractivity contribution < 1.29 is 9.53 Å². The molecule has 2 amide bonds. The summed E-state index contributed by atoms with van der Waals surface area (Å²) in [5.74, 6) is 1.46. The third kappa shape index (κ3) is 6.92. The predicted molar refractivity (Wildman–Crippen MR) is 134 cm³/mol. The topological polar surface area (TPSA) is 82.6 Å². The molecule has 8 nitrogen and oxygen atoms in total. The molecule has 0 radical (unpaired) electrons. The van der Waals surface area contributed by atoms with Crippen LogP contribution in [0.15, 0.2) is 67.0 Å². The molecule has 0 saturated carbocycles. The molecule has 4 rings (SSSR count). The van der Waals surface area contributed by atoms with Gasteiger partial charge < -0.3 is 20.3 Å². The third-order valence-electron chi connectivity index (χ3n) is 5.77. The van der Waals surface area contributed by atoms with Crippen molar-refractivity contribution in [3.8, 4) is 5.75 Å². The summed E-state index contributed by atoms with van der Waals surface area (Å²) >= 11 is 0. The largest absolute Gasteiger partial charge is 0.487 e. The van der Waals surface area contributed by atoms with E-state index in [0.717, 1.165) is 56.2 Å². The van der Waals surface area contributed by atoms with Gasteiger partial charge in [0.1, 0.15) is 12.4 Å². The molecule has 3 aromatic rings. The van der Waals surface area contributed by atoms with Gasteiger partial charge in [-0.15, -0.1) is 0 Å². The van der Waals surface area contributed by atoms with E-state index in [4.69, 9.17) is 4.74 Å². The number of hydrogen-bond acceptors (Lipinski definition) is 6. The lowest BCUT2D eigenvalue weighted by Crippen LogP contribution is -2.47. The van der Waals surface area contributed by atoms with Crippen molar-refractivity contribution in [2.45, 2.75) is 20.0 Å². The summed E-state index contributed by atoms with van der Waals surface area (Å²) in [6.45, 7) is 7.77.